The van der Waals surface area contributed by atoms with Gasteiger partial charge in [0.2, 0.25) is 5.91 Å². The lowest BCUT2D eigenvalue weighted by atomic mass is 10.3. The summed E-state index contributed by atoms with van der Waals surface area (Å²) in [5.74, 6) is 2.03. The Morgan fingerprint density at radius 2 is 1.93 bits per heavy atom. The highest BCUT2D eigenvalue weighted by molar-refractivity contribution is 8.00. The SMILES string of the molecule is COc1ccc(OCc2nnc(S[C@H](C)C(=O)Nc3nc(C)c(C)s3)n2C)cc1. The zero-order valence-corrected chi connectivity index (χ0v) is 18.6. The van der Waals surface area contributed by atoms with Gasteiger partial charge in [-0.25, -0.2) is 4.98 Å². The maximum atomic E-state index is 12.5. The molecule has 8 nitrogen and oxygen atoms in total. The summed E-state index contributed by atoms with van der Waals surface area (Å²) < 4.78 is 12.7. The maximum Gasteiger partial charge on any atom is 0.239 e. The molecule has 0 radical (unpaired) electrons. The largest absolute Gasteiger partial charge is 0.497 e. The van der Waals surface area contributed by atoms with Crippen LogP contribution in [-0.2, 0) is 18.4 Å². The van der Waals surface area contributed by atoms with Crippen LogP contribution >= 0.6 is 23.1 Å². The molecule has 0 bridgehead atoms. The van der Waals surface area contributed by atoms with Crippen LogP contribution in [0.4, 0.5) is 5.13 Å². The molecular formula is C19H23N5O3S2. The van der Waals surface area contributed by atoms with Crippen molar-refractivity contribution in [3.63, 3.8) is 0 Å². The van der Waals surface area contributed by atoms with Crippen molar-refractivity contribution in [1.29, 1.82) is 0 Å². The van der Waals surface area contributed by atoms with E-state index in [4.69, 9.17) is 9.47 Å². The van der Waals surface area contributed by atoms with Gasteiger partial charge in [0, 0.05) is 11.9 Å². The monoisotopic (exact) mass is 433 g/mol. The van der Waals surface area contributed by atoms with Crippen LogP contribution in [0, 0.1) is 13.8 Å². The van der Waals surface area contributed by atoms with Crippen molar-refractivity contribution in [2.45, 2.75) is 37.8 Å². The lowest BCUT2D eigenvalue weighted by Gasteiger charge is -2.10. The Morgan fingerprint density at radius 3 is 2.55 bits per heavy atom. The molecule has 0 aliphatic carbocycles. The number of aromatic nitrogens is 4. The standard InChI is InChI=1S/C19H23N5O3S2/c1-11-12(2)28-18(20-11)21-17(25)13(3)29-19-23-22-16(24(19)4)10-27-15-8-6-14(26-5)7-9-15/h6-9,13H,10H2,1-5H3,(H,20,21,25)/t13-/m1/s1. The number of benzene rings is 1. The molecule has 1 atom stereocenters. The molecule has 2 heterocycles. The van der Waals surface area contributed by atoms with Gasteiger partial charge in [-0.15, -0.1) is 21.5 Å². The molecule has 0 saturated heterocycles. The minimum atomic E-state index is -0.349. The van der Waals surface area contributed by atoms with E-state index in [1.807, 2.05) is 56.7 Å². The molecule has 3 aromatic rings. The minimum Gasteiger partial charge on any atom is -0.497 e. The van der Waals surface area contributed by atoms with E-state index < -0.39 is 0 Å². The van der Waals surface area contributed by atoms with Crippen molar-refractivity contribution < 1.29 is 14.3 Å². The highest BCUT2D eigenvalue weighted by atomic mass is 32.2. The Hall–Kier alpha value is -2.59. The first kappa shape index (κ1) is 21.1. The highest BCUT2D eigenvalue weighted by Gasteiger charge is 2.20. The molecule has 1 amide bonds. The molecule has 10 heteroatoms. The summed E-state index contributed by atoms with van der Waals surface area (Å²) in [5.41, 5.74) is 0.931. The summed E-state index contributed by atoms with van der Waals surface area (Å²) in [6, 6.07) is 7.33. The molecule has 154 valence electrons. The van der Waals surface area contributed by atoms with Crippen LogP contribution in [0.5, 0.6) is 11.5 Å². The molecule has 1 aromatic carbocycles. The summed E-state index contributed by atoms with van der Waals surface area (Å²) in [6.07, 6.45) is 0. The Morgan fingerprint density at radius 1 is 1.24 bits per heavy atom. The maximum absolute atomic E-state index is 12.5. The molecule has 0 aliphatic heterocycles. The predicted molar refractivity (Wildman–Crippen MR) is 114 cm³/mol. The topological polar surface area (TPSA) is 91.2 Å². The third kappa shape index (κ3) is 5.27. The normalized spacial score (nSPS) is 11.9. The molecule has 0 spiro atoms. The van der Waals surface area contributed by atoms with Gasteiger partial charge < -0.3 is 19.4 Å². The fourth-order valence-electron chi connectivity index (χ4n) is 2.34. The van der Waals surface area contributed by atoms with Gasteiger partial charge in [-0.3, -0.25) is 4.79 Å². The van der Waals surface area contributed by atoms with Crippen molar-refractivity contribution in [3.8, 4) is 11.5 Å². The fraction of sp³-hybridized carbons (Fsp3) is 0.368. The average molecular weight is 434 g/mol. The molecule has 0 fully saturated rings. The fourth-order valence-corrected chi connectivity index (χ4v) is 3.99. The van der Waals surface area contributed by atoms with Crippen molar-refractivity contribution in [2.24, 2.45) is 7.05 Å². The smallest absolute Gasteiger partial charge is 0.239 e. The number of anilines is 1. The van der Waals surface area contributed by atoms with Crippen LogP contribution in [-0.4, -0.2) is 38.0 Å². The first-order valence-electron chi connectivity index (χ1n) is 8.94. The quantitative estimate of drug-likeness (QED) is 0.543. The molecule has 0 unspecified atom stereocenters. The Balaban J connectivity index is 1.57. The first-order chi connectivity index (χ1) is 13.9. The van der Waals surface area contributed by atoms with Gasteiger partial charge in [-0.05, 0) is 45.0 Å². The number of thioether (sulfide) groups is 1. The molecule has 0 aliphatic rings. The summed E-state index contributed by atoms with van der Waals surface area (Å²) in [5, 5.41) is 12.1. The van der Waals surface area contributed by atoms with Crippen molar-refractivity contribution in [2.75, 3.05) is 12.4 Å². The second-order valence-electron chi connectivity index (χ2n) is 6.33. The molecule has 2 aromatic heterocycles. The lowest BCUT2D eigenvalue weighted by molar-refractivity contribution is -0.115. The number of hydrogen-bond donors (Lipinski definition) is 1. The van der Waals surface area contributed by atoms with Gasteiger partial charge in [0.15, 0.2) is 16.1 Å². The molecule has 1 N–H and O–H groups in total. The Labute approximate surface area is 177 Å². The second kappa shape index (κ2) is 9.27. The van der Waals surface area contributed by atoms with E-state index in [1.165, 1.54) is 23.1 Å². The number of thiazole rings is 1. The van der Waals surface area contributed by atoms with Crippen LogP contribution in [0.2, 0.25) is 0 Å². The van der Waals surface area contributed by atoms with Crippen molar-refractivity contribution in [3.05, 3.63) is 40.7 Å². The molecule has 0 saturated carbocycles. The minimum absolute atomic E-state index is 0.122. The van der Waals surface area contributed by atoms with Crippen LogP contribution in [0.15, 0.2) is 29.4 Å². The molecular weight excluding hydrogens is 410 g/mol. The van der Waals surface area contributed by atoms with Gasteiger partial charge in [-0.1, -0.05) is 11.8 Å². The van der Waals surface area contributed by atoms with Gasteiger partial charge in [-0.2, -0.15) is 0 Å². The van der Waals surface area contributed by atoms with Gasteiger partial charge in [0.1, 0.15) is 18.1 Å². The molecule has 29 heavy (non-hydrogen) atoms. The predicted octanol–water partition coefficient (Wildman–Crippen LogP) is 3.60. The summed E-state index contributed by atoms with van der Waals surface area (Å²) in [6.45, 7) is 6.01. The Bertz CT molecular complexity index is 965. The highest BCUT2D eigenvalue weighted by Crippen LogP contribution is 2.25. The molecule has 3 rings (SSSR count). The van der Waals surface area contributed by atoms with Gasteiger partial charge in [0.25, 0.3) is 0 Å². The summed E-state index contributed by atoms with van der Waals surface area (Å²) in [4.78, 5) is 17.9. The average Bonchev–Trinajstić information content (AvgIpc) is 3.21. The van der Waals surface area contributed by atoms with E-state index in [-0.39, 0.29) is 17.8 Å². The number of methoxy groups -OCH3 is 1. The van der Waals surface area contributed by atoms with Crippen molar-refractivity contribution in [1.82, 2.24) is 19.7 Å². The number of ether oxygens (including phenoxy) is 2. The third-order valence-electron chi connectivity index (χ3n) is 4.26. The van der Waals surface area contributed by atoms with Crippen molar-refractivity contribution >= 4 is 34.1 Å². The third-order valence-corrected chi connectivity index (χ3v) is 6.38. The number of aryl methyl sites for hydroxylation is 2. The van der Waals surface area contributed by atoms with E-state index >= 15 is 0 Å². The van der Waals surface area contributed by atoms with Crippen LogP contribution in [0.1, 0.15) is 23.3 Å². The van der Waals surface area contributed by atoms with Gasteiger partial charge in [0.05, 0.1) is 18.1 Å². The van der Waals surface area contributed by atoms with E-state index in [1.54, 1.807) is 7.11 Å². The van der Waals surface area contributed by atoms with Crippen LogP contribution < -0.4 is 14.8 Å². The Kier molecular flexibility index (Phi) is 6.75. The van der Waals surface area contributed by atoms with E-state index in [2.05, 4.69) is 20.5 Å². The van der Waals surface area contributed by atoms with Crippen LogP contribution in [0.25, 0.3) is 0 Å². The summed E-state index contributed by atoms with van der Waals surface area (Å²) >= 11 is 2.81. The number of hydrogen-bond acceptors (Lipinski definition) is 8. The number of carbonyl (C=O) groups is 1. The van der Waals surface area contributed by atoms with E-state index in [0.29, 0.717) is 21.9 Å². The van der Waals surface area contributed by atoms with E-state index in [0.717, 1.165) is 16.3 Å². The number of carbonyl (C=O) groups excluding carboxylic acids is 1. The number of rotatable bonds is 8. The number of amides is 1. The van der Waals surface area contributed by atoms with Gasteiger partial charge >= 0.3 is 0 Å². The van der Waals surface area contributed by atoms with E-state index in [9.17, 15) is 4.79 Å². The second-order valence-corrected chi connectivity index (χ2v) is 8.84. The number of nitrogens with zero attached hydrogens (tertiary/aromatic N) is 4. The zero-order chi connectivity index (χ0) is 21.0. The number of nitrogens with one attached hydrogen (secondary N) is 1. The summed E-state index contributed by atoms with van der Waals surface area (Å²) in [7, 11) is 3.47. The lowest BCUT2D eigenvalue weighted by Crippen LogP contribution is -2.22. The van der Waals surface area contributed by atoms with Crippen LogP contribution in [0.3, 0.4) is 0 Å². The zero-order valence-electron chi connectivity index (χ0n) is 16.9. The first-order valence-corrected chi connectivity index (χ1v) is 10.6.